The molecule has 0 saturated carbocycles. The number of hydrogen-bond donors (Lipinski definition) is 2. The minimum atomic E-state index is -0.623. The summed E-state index contributed by atoms with van der Waals surface area (Å²) in [7, 11) is 0. The number of unbranched alkanes of at least 4 members (excludes halogenated alkanes) is 1. The fourth-order valence-electron chi connectivity index (χ4n) is 2.31. The third kappa shape index (κ3) is 3.62. The van der Waals surface area contributed by atoms with Crippen LogP contribution in [0.3, 0.4) is 0 Å². The Morgan fingerprint density at radius 1 is 1.33 bits per heavy atom. The number of hydrogen-bond acceptors (Lipinski definition) is 3. The highest BCUT2D eigenvalue weighted by Gasteiger charge is 2.38. The summed E-state index contributed by atoms with van der Waals surface area (Å²) in [4.78, 5) is 23.9. The average molecular weight is 288 g/mol. The van der Waals surface area contributed by atoms with Crippen molar-refractivity contribution in [2.24, 2.45) is 5.92 Å². The zero-order valence-electron chi connectivity index (χ0n) is 12.1. The van der Waals surface area contributed by atoms with Gasteiger partial charge in [0.1, 0.15) is 5.92 Å². The lowest BCUT2D eigenvalue weighted by Crippen LogP contribution is -2.51. The SMILES string of the molecule is C=C1NC(=O)N[C@@H](c2ccccc2)[C@H]1C(=O)OCCCC. The van der Waals surface area contributed by atoms with Crippen molar-refractivity contribution < 1.29 is 14.3 Å². The highest BCUT2D eigenvalue weighted by Crippen LogP contribution is 2.30. The molecule has 1 heterocycles. The van der Waals surface area contributed by atoms with Gasteiger partial charge in [0.05, 0.1) is 12.6 Å². The minimum Gasteiger partial charge on any atom is -0.465 e. The molecule has 2 amide bonds. The summed E-state index contributed by atoms with van der Waals surface area (Å²) in [5, 5.41) is 5.33. The van der Waals surface area contributed by atoms with Gasteiger partial charge in [-0.2, -0.15) is 0 Å². The number of esters is 1. The molecule has 1 fully saturated rings. The summed E-state index contributed by atoms with van der Waals surface area (Å²) >= 11 is 0. The van der Waals surface area contributed by atoms with Gasteiger partial charge >= 0.3 is 12.0 Å². The molecule has 0 radical (unpaired) electrons. The Balaban J connectivity index is 2.19. The molecule has 0 spiro atoms. The standard InChI is InChI=1S/C16H20N2O3/c1-3-4-10-21-15(19)13-11(2)17-16(20)18-14(13)12-8-6-5-7-9-12/h5-9,13-14H,2-4,10H2,1H3,(H2,17,18,20)/t13-,14-/m0/s1. The third-order valence-electron chi connectivity index (χ3n) is 3.42. The molecule has 1 aromatic rings. The maximum atomic E-state index is 12.3. The van der Waals surface area contributed by atoms with Crippen molar-refractivity contribution in [2.75, 3.05) is 6.61 Å². The fraction of sp³-hybridized carbons (Fsp3) is 0.375. The van der Waals surface area contributed by atoms with E-state index in [9.17, 15) is 9.59 Å². The highest BCUT2D eigenvalue weighted by atomic mass is 16.5. The number of carbonyl (C=O) groups excluding carboxylic acids is 2. The Kier molecular flexibility index (Phi) is 4.98. The van der Waals surface area contributed by atoms with Gasteiger partial charge in [-0.1, -0.05) is 50.3 Å². The van der Waals surface area contributed by atoms with Crippen LogP contribution < -0.4 is 10.6 Å². The normalized spacial score (nSPS) is 21.4. The minimum absolute atomic E-state index is 0.355. The Hall–Kier alpha value is -2.30. The highest BCUT2D eigenvalue weighted by molar-refractivity contribution is 5.85. The number of ether oxygens (including phenoxy) is 1. The quantitative estimate of drug-likeness (QED) is 0.646. The van der Waals surface area contributed by atoms with E-state index in [2.05, 4.69) is 17.2 Å². The molecule has 1 saturated heterocycles. The number of amides is 2. The van der Waals surface area contributed by atoms with E-state index in [0.29, 0.717) is 12.3 Å². The number of rotatable bonds is 5. The zero-order chi connectivity index (χ0) is 15.2. The van der Waals surface area contributed by atoms with Gasteiger partial charge in [-0.3, -0.25) is 4.79 Å². The summed E-state index contributed by atoms with van der Waals surface area (Å²) < 4.78 is 5.29. The Morgan fingerprint density at radius 2 is 2.05 bits per heavy atom. The predicted octanol–water partition coefficient (Wildman–Crippen LogP) is 2.51. The van der Waals surface area contributed by atoms with E-state index in [1.807, 2.05) is 37.3 Å². The molecule has 0 unspecified atom stereocenters. The topological polar surface area (TPSA) is 67.4 Å². The molecule has 0 aromatic heterocycles. The van der Waals surface area contributed by atoms with Crippen molar-refractivity contribution in [1.82, 2.24) is 10.6 Å². The van der Waals surface area contributed by atoms with E-state index in [1.165, 1.54) is 0 Å². The molecule has 1 aromatic carbocycles. The summed E-state index contributed by atoms with van der Waals surface area (Å²) in [6, 6.07) is 8.55. The van der Waals surface area contributed by atoms with Gasteiger partial charge in [0.25, 0.3) is 0 Å². The molecule has 5 nitrogen and oxygen atoms in total. The van der Waals surface area contributed by atoms with Crippen LogP contribution in [0.15, 0.2) is 42.6 Å². The molecule has 5 heteroatoms. The third-order valence-corrected chi connectivity index (χ3v) is 3.42. The van der Waals surface area contributed by atoms with Gasteiger partial charge < -0.3 is 15.4 Å². The first-order valence-corrected chi connectivity index (χ1v) is 7.11. The molecule has 1 aliphatic rings. The van der Waals surface area contributed by atoms with Crippen LogP contribution in [0, 0.1) is 5.92 Å². The largest absolute Gasteiger partial charge is 0.465 e. The lowest BCUT2D eigenvalue weighted by atomic mass is 9.89. The van der Waals surface area contributed by atoms with Crippen LogP contribution in [-0.4, -0.2) is 18.6 Å². The van der Waals surface area contributed by atoms with Crippen LogP contribution in [-0.2, 0) is 9.53 Å². The lowest BCUT2D eigenvalue weighted by Gasteiger charge is -2.33. The summed E-state index contributed by atoms with van der Waals surface area (Å²) in [6.45, 7) is 6.21. The molecule has 2 rings (SSSR count). The maximum Gasteiger partial charge on any atom is 0.319 e. The molecular weight excluding hydrogens is 268 g/mol. The molecule has 112 valence electrons. The van der Waals surface area contributed by atoms with Gasteiger partial charge in [-0.15, -0.1) is 0 Å². The first-order chi connectivity index (χ1) is 10.1. The summed E-state index contributed by atoms with van der Waals surface area (Å²) in [5.41, 5.74) is 1.22. The van der Waals surface area contributed by atoms with Gasteiger partial charge in [0.2, 0.25) is 0 Å². The molecule has 21 heavy (non-hydrogen) atoms. The van der Waals surface area contributed by atoms with Gasteiger partial charge in [0, 0.05) is 5.70 Å². The van der Waals surface area contributed by atoms with Gasteiger partial charge in [-0.25, -0.2) is 4.79 Å². The van der Waals surface area contributed by atoms with Crippen LogP contribution in [0.4, 0.5) is 4.79 Å². The van der Waals surface area contributed by atoms with Crippen molar-refractivity contribution in [3.05, 3.63) is 48.2 Å². The first-order valence-electron chi connectivity index (χ1n) is 7.11. The first kappa shape index (κ1) is 15.1. The molecule has 0 bridgehead atoms. The second-order valence-electron chi connectivity index (χ2n) is 5.01. The fourth-order valence-corrected chi connectivity index (χ4v) is 2.31. The van der Waals surface area contributed by atoms with E-state index in [0.717, 1.165) is 18.4 Å². The van der Waals surface area contributed by atoms with E-state index in [-0.39, 0.29) is 12.0 Å². The van der Waals surface area contributed by atoms with E-state index >= 15 is 0 Å². The van der Waals surface area contributed by atoms with E-state index < -0.39 is 12.0 Å². The van der Waals surface area contributed by atoms with Gasteiger partial charge in [0.15, 0.2) is 0 Å². The van der Waals surface area contributed by atoms with Crippen molar-refractivity contribution in [2.45, 2.75) is 25.8 Å². The second kappa shape index (κ2) is 6.92. The number of nitrogens with one attached hydrogen (secondary N) is 2. The monoisotopic (exact) mass is 288 g/mol. The molecule has 2 atom stereocenters. The predicted molar refractivity (Wildman–Crippen MR) is 79.3 cm³/mol. The van der Waals surface area contributed by atoms with Gasteiger partial charge in [-0.05, 0) is 12.0 Å². The van der Waals surface area contributed by atoms with E-state index in [4.69, 9.17) is 4.74 Å². The molecule has 1 aliphatic heterocycles. The number of benzene rings is 1. The lowest BCUT2D eigenvalue weighted by molar-refractivity contribution is -0.148. The Labute approximate surface area is 124 Å². The molecular formula is C16H20N2O3. The number of carbonyl (C=O) groups is 2. The molecule has 0 aliphatic carbocycles. The molecule has 2 N–H and O–H groups in total. The Bertz CT molecular complexity index is 528. The zero-order valence-corrected chi connectivity index (χ0v) is 12.1. The van der Waals surface area contributed by atoms with Crippen molar-refractivity contribution in [1.29, 1.82) is 0 Å². The van der Waals surface area contributed by atoms with Crippen LogP contribution in [0.5, 0.6) is 0 Å². The smallest absolute Gasteiger partial charge is 0.319 e. The second-order valence-corrected chi connectivity index (χ2v) is 5.01. The van der Waals surface area contributed by atoms with Crippen molar-refractivity contribution >= 4 is 12.0 Å². The van der Waals surface area contributed by atoms with Crippen molar-refractivity contribution in [3.8, 4) is 0 Å². The van der Waals surface area contributed by atoms with E-state index in [1.54, 1.807) is 0 Å². The summed E-state index contributed by atoms with van der Waals surface area (Å²) in [6.07, 6.45) is 1.77. The van der Waals surface area contributed by atoms with Crippen LogP contribution in [0.25, 0.3) is 0 Å². The Morgan fingerprint density at radius 3 is 2.71 bits per heavy atom. The van der Waals surface area contributed by atoms with Crippen LogP contribution in [0.1, 0.15) is 31.4 Å². The maximum absolute atomic E-state index is 12.3. The van der Waals surface area contributed by atoms with Crippen LogP contribution in [0.2, 0.25) is 0 Å². The number of urea groups is 1. The van der Waals surface area contributed by atoms with Crippen molar-refractivity contribution in [3.63, 3.8) is 0 Å². The average Bonchev–Trinajstić information content (AvgIpc) is 2.47. The van der Waals surface area contributed by atoms with Crippen LogP contribution >= 0.6 is 0 Å². The summed E-state index contributed by atoms with van der Waals surface area (Å²) in [5.74, 6) is -0.989.